The summed E-state index contributed by atoms with van der Waals surface area (Å²) in [5, 5.41) is 20.6. The highest BCUT2D eigenvalue weighted by atomic mass is 16.3. The van der Waals surface area contributed by atoms with Gasteiger partial charge in [-0.3, -0.25) is 0 Å². The van der Waals surface area contributed by atoms with Crippen molar-refractivity contribution in [3.63, 3.8) is 0 Å². The molecule has 2 aliphatic rings. The van der Waals surface area contributed by atoms with Crippen molar-refractivity contribution in [2.45, 2.75) is 83.3 Å². The molecular formula is C23H41NO2. The van der Waals surface area contributed by atoms with Gasteiger partial charge in [-0.25, -0.2) is 0 Å². The van der Waals surface area contributed by atoms with Crippen LogP contribution in [-0.2, 0) is 0 Å². The third-order valence-corrected chi connectivity index (χ3v) is 6.21. The summed E-state index contributed by atoms with van der Waals surface area (Å²) >= 11 is 0. The molecule has 5 atom stereocenters. The molecule has 0 aromatic carbocycles. The Morgan fingerprint density at radius 2 is 2.00 bits per heavy atom. The molecule has 0 aliphatic heterocycles. The van der Waals surface area contributed by atoms with E-state index in [0.717, 1.165) is 25.7 Å². The van der Waals surface area contributed by atoms with E-state index in [0.29, 0.717) is 11.8 Å². The predicted molar refractivity (Wildman–Crippen MR) is 110 cm³/mol. The Balaban J connectivity index is 1.74. The average Bonchev–Trinajstić information content (AvgIpc) is 3.09. The Hall–Kier alpha value is -0.640. The fraction of sp³-hybridized carbons (Fsp3) is 0.826. The van der Waals surface area contributed by atoms with E-state index in [1.807, 2.05) is 6.08 Å². The lowest BCUT2D eigenvalue weighted by Gasteiger charge is -2.19. The van der Waals surface area contributed by atoms with Crippen molar-refractivity contribution in [2.24, 2.45) is 17.8 Å². The molecule has 0 unspecified atom stereocenters. The van der Waals surface area contributed by atoms with Gasteiger partial charge in [-0.15, -0.1) is 0 Å². The monoisotopic (exact) mass is 363 g/mol. The van der Waals surface area contributed by atoms with Crippen molar-refractivity contribution in [2.75, 3.05) is 20.6 Å². The van der Waals surface area contributed by atoms with E-state index in [9.17, 15) is 10.2 Å². The van der Waals surface area contributed by atoms with Gasteiger partial charge in [0.2, 0.25) is 0 Å². The van der Waals surface area contributed by atoms with Gasteiger partial charge in [0.1, 0.15) is 0 Å². The first-order valence-corrected chi connectivity index (χ1v) is 10.9. The minimum Gasteiger partial charge on any atom is -0.392 e. The Morgan fingerprint density at radius 3 is 2.73 bits per heavy atom. The first-order valence-electron chi connectivity index (χ1n) is 10.9. The molecular weight excluding hydrogens is 322 g/mol. The Morgan fingerprint density at radius 1 is 1.19 bits per heavy atom. The summed E-state index contributed by atoms with van der Waals surface area (Å²) in [7, 11) is 4.28. The van der Waals surface area contributed by atoms with Crippen molar-refractivity contribution in [3.8, 4) is 0 Å². The normalized spacial score (nSPS) is 29.5. The van der Waals surface area contributed by atoms with Crippen LogP contribution < -0.4 is 0 Å². The van der Waals surface area contributed by atoms with Gasteiger partial charge < -0.3 is 15.1 Å². The van der Waals surface area contributed by atoms with E-state index in [2.05, 4.69) is 38.1 Å². The second kappa shape index (κ2) is 11.3. The summed E-state index contributed by atoms with van der Waals surface area (Å²) in [5.41, 5.74) is 1.61. The Labute approximate surface area is 161 Å². The number of rotatable bonds is 12. The summed E-state index contributed by atoms with van der Waals surface area (Å²) in [5.74, 6) is 1.33. The fourth-order valence-corrected chi connectivity index (χ4v) is 4.70. The van der Waals surface area contributed by atoms with Gasteiger partial charge in [-0.1, -0.05) is 56.4 Å². The van der Waals surface area contributed by atoms with Crippen LogP contribution in [0.4, 0.5) is 0 Å². The molecule has 0 saturated heterocycles. The van der Waals surface area contributed by atoms with Gasteiger partial charge in [0.15, 0.2) is 0 Å². The summed E-state index contributed by atoms with van der Waals surface area (Å²) in [6.45, 7) is 3.37. The van der Waals surface area contributed by atoms with Crippen LogP contribution in [0.2, 0.25) is 0 Å². The number of hydrogen-bond acceptors (Lipinski definition) is 3. The zero-order chi connectivity index (χ0) is 18.9. The average molecular weight is 364 g/mol. The highest BCUT2D eigenvalue weighted by Gasteiger charge is 2.43. The molecule has 2 aliphatic carbocycles. The molecule has 2 N–H and O–H groups in total. The predicted octanol–water partition coefficient (Wildman–Crippen LogP) is 4.55. The van der Waals surface area contributed by atoms with E-state index < -0.39 is 0 Å². The molecule has 3 heteroatoms. The number of fused-ring (bicyclic) bond motifs is 1. The van der Waals surface area contributed by atoms with E-state index in [1.165, 1.54) is 45.1 Å². The molecule has 0 amide bonds. The summed E-state index contributed by atoms with van der Waals surface area (Å²) in [4.78, 5) is 2.26. The minimum atomic E-state index is -0.349. The number of aliphatic hydroxyl groups excluding tert-OH is 2. The van der Waals surface area contributed by atoms with Crippen LogP contribution in [0.5, 0.6) is 0 Å². The third-order valence-electron chi connectivity index (χ3n) is 6.21. The maximum atomic E-state index is 10.4. The summed E-state index contributed by atoms with van der Waals surface area (Å²) < 4.78 is 0. The van der Waals surface area contributed by atoms with Crippen molar-refractivity contribution in [1.29, 1.82) is 0 Å². The molecule has 0 aromatic rings. The Kier molecular flexibility index (Phi) is 9.38. The van der Waals surface area contributed by atoms with Crippen molar-refractivity contribution in [3.05, 3.63) is 23.8 Å². The van der Waals surface area contributed by atoms with E-state index in [1.54, 1.807) is 5.57 Å². The molecule has 0 aromatic heterocycles. The van der Waals surface area contributed by atoms with Crippen LogP contribution in [0.15, 0.2) is 23.8 Å². The number of nitrogens with zero attached hydrogens (tertiary/aromatic N) is 1. The van der Waals surface area contributed by atoms with Gasteiger partial charge in [-0.2, -0.15) is 0 Å². The van der Waals surface area contributed by atoms with Gasteiger partial charge >= 0.3 is 0 Å². The second-order valence-corrected chi connectivity index (χ2v) is 8.80. The van der Waals surface area contributed by atoms with Gasteiger partial charge in [0.25, 0.3) is 0 Å². The third kappa shape index (κ3) is 6.83. The maximum Gasteiger partial charge on any atom is 0.0721 e. The first kappa shape index (κ1) is 21.7. The molecule has 0 spiro atoms. The van der Waals surface area contributed by atoms with Crippen molar-refractivity contribution >= 4 is 0 Å². The molecule has 26 heavy (non-hydrogen) atoms. The number of aliphatic hydroxyl groups is 2. The molecule has 0 heterocycles. The topological polar surface area (TPSA) is 43.7 Å². The van der Waals surface area contributed by atoms with Crippen LogP contribution in [0, 0.1) is 17.8 Å². The Bertz CT molecular complexity index is 457. The van der Waals surface area contributed by atoms with Crippen molar-refractivity contribution < 1.29 is 10.2 Å². The smallest absolute Gasteiger partial charge is 0.0721 e. The van der Waals surface area contributed by atoms with Crippen LogP contribution in [0.1, 0.15) is 71.1 Å². The second-order valence-electron chi connectivity index (χ2n) is 8.80. The maximum absolute atomic E-state index is 10.4. The van der Waals surface area contributed by atoms with Gasteiger partial charge in [0, 0.05) is 5.92 Å². The molecule has 3 nitrogen and oxygen atoms in total. The van der Waals surface area contributed by atoms with E-state index in [-0.39, 0.29) is 18.1 Å². The zero-order valence-electron chi connectivity index (χ0n) is 17.2. The van der Waals surface area contributed by atoms with Crippen LogP contribution in [0.3, 0.4) is 0 Å². The van der Waals surface area contributed by atoms with Crippen LogP contribution >= 0.6 is 0 Å². The number of hydrogen-bond donors (Lipinski definition) is 2. The highest BCUT2D eigenvalue weighted by molar-refractivity contribution is 5.20. The lowest BCUT2D eigenvalue weighted by atomic mass is 9.88. The molecule has 1 fully saturated rings. The molecule has 2 rings (SSSR count). The van der Waals surface area contributed by atoms with Crippen molar-refractivity contribution in [1.82, 2.24) is 4.90 Å². The molecule has 0 bridgehead atoms. The highest BCUT2D eigenvalue weighted by Crippen LogP contribution is 2.48. The molecule has 0 radical (unpaired) electrons. The van der Waals surface area contributed by atoms with Gasteiger partial charge in [0.05, 0.1) is 12.2 Å². The summed E-state index contributed by atoms with van der Waals surface area (Å²) in [6, 6.07) is 0. The van der Waals surface area contributed by atoms with Crippen LogP contribution in [0.25, 0.3) is 0 Å². The largest absolute Gasteiger partial charge is 0.392 e. The standard InChI is InChI=1S/C23H41NO2/c1-4-5-7-11-20(25)12-13-21-22-16-18(15-19(22)17-23(21)26)10-8-6-9-14-24(2)3/h12-13,15,19-23,25-26H,4-11,14,16-17H2,1-3H3/t19-,20+,21+,22-,23-/m1/s1. The van der Waals surface area contributed by atoms with Crippen LogP contribution in [-0.4, -0.2) is 48.0 Å². The van der Waals surface area contributed by atoms with E-state index >= 15 is 0 Å². The lowest BCUT2D eigenvalue weighted by Crippen LogP contribution is -2.18. The summed E-state index contributed by atoms with van der Waals surface area (Å²) in [6.07, 6.45) is 17.4. The number of allylic oxidation sites excluding steroid dienone is 2. The minimum absolute atomic E-state index is 0.225. The van der Waals surface area contributed by atoms with E-state index in [4.69, 9.17) is 0 Å². The molecule has 1 saturated carbocycles. The van der Waals surface area contributed by atoms with Gasteiger partial charge in [-0.05, 0) is 71.0 Å². The number of unbranched alkanes of at least 4 members (excludes halogenated alkanes) is 4. The zero-order valence-corrected chi connectivity index (χ0v) is 17.2. The SMILES string of the molecule is CCCCC[C@H](O)C=C[C@H]1[C@@H]2CC(CCCCCN(C)C)=C[C@@H]2C[C@H]1O. The lowest BCUT2D eigenvalue weighted by molar-refractivity contribution is 0.139. The quantitative estimate of drug-likeness (QED) is 0.395. The fourth-order valence-electron chi connectivity index (χ4n) is 4.70. The molecule has 150 valence electrons. The first-order chi connectivity index (χ1) is 12.5.